The molecule has 0 aliphatic rings. The third kappa shape index (κ3) is 4.98. The smallest absolute Gasteiger partial charge is 0.339 e. The lowest BCUT2D eigenvalue weighted by Crippen LogP contribution is -2.37. The van der Waals surface area contributed by atoms with Crippen molar-refractivity contribution in [1.82, 2.24) is 5.32 Å². The highest BCUT2D eigenvalue weighted by Gasteiger charge is 2.21. The predicted octanol–water partition coefficient (Wildman–Crippen LogP) is 4.42. The Morgan fingerprint density at radius 3 is 2.17 bits per heavy atom. The minimum Gasteiger partial charge on any atom is -0.449 e. The first-order valence-electron chi connectivity index (χ1n) is 7.39. The van der Waals surface area contributed by atoms with Crippen LogP contribution in [0.2, 0.25) is 10.0 Å². The highest BCUT2D eigenvalue weighted by molar-refractivity contribution is 6.35. The molecule has 0 bridgehead atoms. The number of esters is 1. The van der Waals surface area contributed by atoms with Gasteiger partial charge in [0, 0.05) is 10.0 Å². The van der Waals surface area contributed by atoms with Crippen LogP contribution in [0.15, 0.2) is 48.5 Å². The highest BCUT2D eigenvalue weighted by Crippen LogP contribution is 2.20. The Bertz CT molecular complexity index is 714. The van der Waals surface area contributed by atoms with E-state index in [4.69, 9.17) is 27.9 Å². The van der Waals surface area contributed by atoms with Crippen LogP contribution in [-0.2, 0) is 9.53 Å². The predicted molar refractivity (Wildman–Crippen MR) is 94.3 cm³/mol. The number of amides is 1. The number of halogens is 2. The number of hydrogen-bond acceptors (Lipinski definition) is 3. The van der Waals surface area contributed by atoms with Crippen LogP contribution < -0.4 is 5.32 Å². The summed E-state index contributed by atoms with van der Waals surface area (Å²) in [5.41, 5.74) is 1.16. The van der Waals surface area contributed by atoms with Crippen molar-refractivity contribution in [3.05, 3.63) is 69.7 Å². The van der Waals surface area contributed by atoms with Gasteiger partial charge in [0.05, 0.1) is 11.6 Å². The summed E-state index contributed by atoms with van der Waals surface area (Å²) in [6, 6.07) is 13.7. The zero-order chi connectivity index (χ0) is 17.7. The molecule has 0 saturated carbocycles. The van der Waals surface area contributed by atoms with Crippen LogP contribution in [0, 0.1) is 0 Å². The van der Waals surface area contributed by atoms with Gasteiger partial charge in [-0.25, -0.2) is 4.79 Å². The molecule has 24 heavy (non-hydrogen) atoms. The van der Waals surface area contributed by atoms with Crippen molar-refractivity contribution in [2.24, 2.45) is 0 Å². The minimum absolute atomic E-state index is 0.194. The van der Waals surface area contributed by atoms with Crippen molar-refractivity contribution < 1.29 is 14.3 Å². The van der Waals surface area contributed by atoms with Crippen LogP contribution in [0.5, 0.6) is 0 Å². The Hall–Kier alpha value is -2.04. The van der Waals surface area contributed by atoms with Crippen LogP contribution in [0.4, 0.5) is 0 Å². The van der Waals surface area contributed by atoms with E-state index in [-0.39, 0.29) is 17.5 Å². The number of carbonyl (C=O) groups is 2. The first kappa shape index (κ1) is 18.3. The van der Waals surface area contributed by atoms with Gasteiger partial charge in [0.2, 0.25) is 0 Å². The summed E-state index contributed by atoms with van der Waals surface area (Å²) >= 11 is 11.7. The summed E-state index contributed by atoms with van der Waals surface area (Å²) in [4.78, 5) is 24.3. The molecular formula is C18H17Cl2NO3. The van der Waals surface area contributed by atoms with E-state index in [0.717, 1.165) is 5.56 Å². The van der Waals surface area contributed by atoms with Crippen LogP contribution in [-0.4, -0.2) is 18.0 Å². The van der Waals surface area contributed by atoms with Gasteiger partial charge >= 0.3 is 5.97 Å². The SMILES string of the molecule is CC(OC(=O)c1cc(Cl)cc(Cl)c1)C(=O)NC(C)c1ccccc1. The van der Waals surface area contributed by atoms with Crippen LogP contribution in [0.1, 0.15) is 35.8 Å². The molecule has 2 unspecified atom stereocenters. The molecule has 0 fully saturated rings. The lowest BCUT2D eigenvalue weighted by Gasteiger charge is -2.18. The molecule has 1 N–H and O–H groups in total. The number of rotatable bonds is 5. The van der Waals surface area contributed by atoms with Crippen molar-refractivity contribution >= 4 is 35.1 Å². The lowest BCUT2D eigenvalue weighted by molar-refractivity contribution is -0.129. The van der Waals surface area contributed by atoms with Gasteiger partial charge in [-0.15, -0.1) is 0 Å². The summed E-state index contributed by atoms with van der Waals surface area (Å²) in [6.07, 6.45) is -0.943. The molecule has 4 nitrogen and oxygen atoms in total. The molecule has 126 valence electrons. The zero-order valence-electron chi connectivity index (χ0n) is 13.3. The van der Waals surface area contributed by atoms with E-state index in [1.807, 2.05) is 37.3 Å². The van der Waals surface area contributed by atoms with Gasteiger partial charge in [0.15, 0.2) is 6.10 Å². The quantitative estimate of drug-likeness (QED) is 0.798. The molecule has 0 aliphatic carbocycles. The van der Waals surface area contributed by atoms with E-state index in [1.54, 1.807) is 0 Å². The molecule has 0 aliphatic heterocycles. The van der Waals surface area contributed by atoms with E-state index < -0.39 is 12.1 Å². The number of nitrogens with one attached hydrogen (secondary N) is 1. The molecule has 1 amide bonds. The molecule has 0 radical (unpaired) electrons. The number of hydrogen-bond donors (Lipinski definition) is 1. The van der Waals surface area contributed by atoms with Crippen molar-refractivity contribution in [3.63, 3.8) is 0 Å². The molecule has 6 heteroatoms. The second-order valence-electron chi connectivity index (χ2n) is 5.35. The van der Waals surface area contributed by atoms with Crippen LogP contribution >= 0.6 is 23.2 Å². The average molecular weight is 366 g/mol. The van der Waals surface area contributed by atoms with Gasteiger partial charge in [-0.1, -0.05) is 53.5 Å². The van der Waals surface area contributed by atoms with Gasteiger partial charge in [-0.05, 0) is 37.6 Å². The fraction of sp³-hybridized carbons (Fsp3) is 0.222. The Morgan fingerprint density at radius 1 is 1.00 bits per heavy atom. The molecule has 0 saturated heterocycles. The molecule has 0 heterocycles. The summed E-state index contributed by atoms with van der Waals surface area (Å²) in [5.74, 6) is -1.04. The van der Waals surface area contributed by atoms with Gasteiger partial charge in [0.25, 0.3) is 5.91 Å². The third-order valence-electron chi connectivity index (χ3n) is 3.41. The van der Waals surface area contributed by atoms with Gasteiger partial charge in [-0.2, -0.15) is 0 Å². The van der Waals surface area contributed by atoms with Gasteiger partial charge in [0.1, 0.15) is 0 Å². The highest BCUT2D eigenvalue weighted by atomic mass is 35.5. The van der Waals surface area contributed by atoms with Gasteiger partial charge in [-0.3, -0.25) is 4.79 Å². The topological polar surface area (TPSA) is 55.4 Å². The van der Waals surface area contributed by atoms with Crippen molar-refractivity contribution in [1.29, 1.82) is 0 Å². The largest absolute Gasteiger partial charge is 0.449 e. The fourth-order valence-electron chi connectivity index (χ4n) is 2.11. The van der Waals surface area contributed by atoms with Gasteiger partial charge < -0.3 is 10.1 Å². The maximum atomic E-state index is 12.2. The molecule has 2 rings (SSSR count). The second-order valence-corrected chi connectivity index (χ2v) is 6.22. The summed E-state index contributed by atoms with van der Waals surface area (Å²) in [5, 5.41) is 3.45. The monoisotopic (exact) mass is 365 g/mol. The minimum atomic E-state index is -0.943. The fourth-order valence-corrected chi connectivity index (χ4v) is 2.64. The van der Waals surface area contributed by atoms with Crippen molar-refractivity contribution in [2.45, 2.75) is 26.0 Å². The number of ether oxygens (including phenoxy) is 1. The van der Waals surface area contributed by atoms with Crippen LogP contribution in [0.25, 0.3) is 0 Å². The first-order valence-corrected chi connectivity index (χ1v) is 8.15. The Balaban J connectivity index is 1.97. The Kier molecular flexibility index (Phi) is 6.23. The Morgan fingerprint density at radius 2 is 1.58 bits per heavy atom. The van der Waals surface area contributed by atoms with Crippen LogP contribution in [0.3, 0.4) is 0 Å². The number of benzene rings is 2. The molecule has 0 aromatic heterocycles. The second kappa shape index (κ2) is 8.18. The zero-order valence-corrected chi connectivity index (χ0v) is 14.8. The molecular weight excluding hydrogens is 349 g/mol. The summed E-state index contributed by atoms with van der Waals surface area (Å²) < 4.78 is 5.18. The van der Waals surface area contributed by atoms with E-state index >= 15 is 0 Å². The van der Waals surface area contributed by atoms with E-state index in [1.165, 1.54) is 25.1 Å². The molecule has 0 spiro atoms. The first-order chi connectivity index (χ1) is 11.4. The van der Waals surface area contributed by atoms with Crippen molar-refractivity contribution in [3.8, 4) is 0 Å². The third-order valence-corrected chi connectivity index (χ3v) is 3.85. The molecule has 2 aromatic rings. The Labute approximate surface area is 150 Å². The average Bonchev–Trinajstić information content (AvgIpc) is 2.54. The maximum Gasteiger partial charge on any atom is 0.339 e. The van der Waals surface area contributed by atoms with E-state index in [2.05, 4.69) is 5.32 Å². The standard InChI is InChI=1S/C18H17Cl2NO3/c1-11(13-6-4-3-5-7-13)21-17(22)12(2)24-18(23)14-8-15(19)10-16(20)9-14/h3-12H,1-2H3,(H,21,22). The van der Waals surface area contributed by atoms with Crippen molar-refractivity contribution in [2.75, 3.05) is 0 Å². The van der Waals surface area contributed by atoms with E-state index in [9.17, 15) is 9.59 Å². The molecule has 2 atom stereocenters. The van der Waals surface area contributed by atoms with E-state index in [0.29, 0.717) is 10.0 Å². The number of carbonyl (C=O) groups excluding carboxylic acids is 2. The lowest BCUT2D eigenvalue weighted by atomic mass is 10.1. The summed E-state index contributed by atoms with van der Waals surface area (Å²) in [6.45, 7) is 3.37. The normalized spacial score (nSPS) is 13.0. The summed E-state index contributed by atoms with van der Waals surface area (Å²) in [7, 11) is 0. The molecule has 2 aromatic carbocycles. The maximum absolute atomic E-state index is 12.2.